The number of benzene rings is 2. The monoisotopic (exact) mass is 399 g/mol. The minimum absolute atomic E-state index is 0.288. The summed E-state index contributed by atoms with van der Waals surface area (Å²) in [5, 5.41) is 1.40. The van der Waals surface area contributed by atoms with Gasteiger partial charge in [0.25, 0.3) is 0 Å². The number of fused-ring (bicyclic) bond motifs is 1. The number of aromatic nitrogens is 1. The highest BCUT2D eigenvalue weighted by Crippen LogP contribution is 2.42. The van der Waals surface area contributed by atoms with Crippen LogP contribution in [0.3, 0.4) is 0 Å². The Labute approximate surface area is 164 Å². The fourth-order valence-corrected chi connectivity index (χ4v) is 6.86. The first-order valence-electron chi connectivity index (χ1n) is 8.73. The molecule has 3 aromatic rings. The number of anilines is 1. The van der Waals surface area contributed by atoms with Gasteiger partial charge in [-0.15, -0.1) is 11.8 Å². The summed E-state index contributed by atoms with van der Waals surface area (Å²) >= 11 is 1.61. The fraction of sp³-hybridized carbons (Fsp3) is 0.250. The lowest BCUT2D eigenvalue weighted by Gasteiger charge is -2.24. The Hall–Kier alpha value is -2.09. The topological polar surface area (TPSA) is 53.5 Å². The van der Waals surface area contributed by atoms with Gasteiger partial charge >= 0.3 is 0 Å². The van der Waals surface area contributed by atoms with Crippen molar-refractivity contribution in [1.29, 1.82) is 0 Å². The number of thioether (sulfide) groups is 1. The van der Waals surface area contributed by atoms with E-state index < -0.39 is 10.0 Å². The first-order valence-corrected chi connectivity index (χ1v) is 11.2. The number of hydrogen-bond donors (Lipinski definition) is 0. The van der Waals surface area contributed by atoms with Crippen molar-refractivity contribution < 1.29 is 8.42 Å². The van der Waals surface area contributed by atoms with Crippen molar-refractivity contribution in [3.63, 3.8) is 0 Å². The Morgan fingerprint density at radius 3 is 2.56 bits per heavy atom. The lowest BCUT2D eigenvalue weighted by molar-refractivity contribution is 0.430. The van der Waals surface area contributed by atoms with Crippen LogP contribution in [0.5, 0.6) is 0 Å². The normalized spacial score (nSPS) is 18.1. The van der Waals surface area contributed by atoms with E-state index in [2.05, 4.69) is 4.98 Å². The van der Waals surface area contributed by atoms with Crippen molar-refractivity contribution in [1.82, 2.24) is 9.29 Å². The van der Waals surface area contributed by atoms with E-state index in [1.165, 1.54) is 0 Å². The molecule has 2 aromatic carbocycles. The standard InChI is InChI=1S/C20H21N3O2S2/c1-22(2)18-10-5-8-16-15(18)7-6-11-19(16)27(24,25)23-13-14-26-20(23)17-9-3-4-12-21-17/h3-12,20H,13-14H2,1-2H3. The van der Waals surface area contributed by atoms with Crippen molar-refractivity contribution in [2.24, 2.45) is 0 Å². The number of nitrogens with zero attached hydrogens (tertiary/aromatic N) is 3. The average Bonchev–Trinajstić information content (AvgIpc) is 3.18. The molecule has 1 fully saturated rings. The van der Waals surface area contributed by atoms with Gasteiger partial charge in [0, 0.05) is 49.0 Å². The van der Waals surface area contributed by atoms with Crippen molar-refractivity contribution in [2.45, 2.75) is 10.3 Å². The van der Waals surface area contributed by atoms with Crippen LogP contribution in [0.4, 0.5) is 5.69 Å². The van der Waals surface area contributed by atoms with Crippen LogP contribution in [-0.4, -0.2) is 44.1 Å². The van der Waals surface area contributed by atoms with Crippen LogP contribution < -0.4 is 4.90 Å². The van der Waals surface area contributed by atoms with Gasteiger partial charge in [-0.3, -0.25) is 4.98 Å². The van der Waals surface area contributed by atoms with E-state index in [0.717, 1.165) is 27.9 Å². The van der Waals surface area contributed by atoms with Gasteiger partial charge in [-0.2, -0.15) is 4.31 Å². The summed E-state index contributed by atoms with van der Waals surface area (Å²) in [5.41, 5.74) is 1.78. The maximum atomic E-state index is 13.6. The highest BCUT2D eigenvalue weighted by Gasteiger charge is 2.38. The second kappa shape index (κ2) is 7.14. The molecule has 0 bridgehead atoms. The van der Waals surface area contributed by atoms with Crippen molar-refractivity contribution in [2.75, 3.05) is 31.3 Å². The molecule has 1 atom stereocenters. The quantitative estimate of drug-likeness (QED) is 0.669. The largest absolute Gasteiger partial charge is 0.377 e. The Morgan fingerprint density at radius 2 is 1.81 bits per heavy atom. The third-order valence-corrected chi connectivity index (χ3v) is 8.00. The van der Waals surface area contributed by atoms with E-state index >= 15 is 0 Å². The molecule has 0 spiro atoms. The Bertz CT molecular complexity index is 1070. The predicted molar refractivity (Wildman–Crippen MR) is 112 cm³/mol. The predicted octanol–water partition coefficient (Wildman–Crippen LogP) is 3.74. The fourth-order valence-electron chi connectivity index (χ4n) is 3.46. The molecule has 27 heavy (non-hydrogen) atoms. The third kappa shape index (κ3) is 3.20. The molecule has 1 aliphatic rings. The van der Waals surface area contributed by atoms with E-state index in [0.29, 0.717) is 11.4 Å². The lowest BCUT2D eigenvalue weighted by Crippen LogP contribution is -2.31. The summed E-state index contributed by atoms with van der Waals surface area (Å²) in [7, 11) is 0.274. The van der Waals surface area contributed by atoms with Gasteiger partial charge in [0.1, 0.15) is 5.37 Å². The van der Waals surface area contributed by atoms with Crippen LogP contribution >= 0.6 is 11.8 Å². The van der Waals surface area contributed by atoms with Crippen LogP contribution in [-0.2, 0) is 10.0 Å². The second-order valence-electron chi connectivity index (χ2n) is 6.62. The summed E-state index contributed by atoms with van der Waals surface area (Å²) in [6, 6.07) is 16.9. The third-order valence-electron chi connectivity index (χ3n) is 4.72. The molecule has 1 unspecified atom stereocenters. The smallest absolute Gasteiger partial charge is 0.245 e. The first kappa shape index (κ1) is 18.3. The molecule has 7 heteroatoms. The average molecular weight is 400 g/mol. The van der Waals surface area contributed by atoms with Gasteiger partial charge < -0.3 is 4.90 Å². The van der Waals surface area contributed by atoms with Crippen LogP contribution in [0, 0.1) is 0 Å². The minimum Gasteiger partial charge on any atom is -0.377 e. The minimum atomic E-state index is -3.65. The van der Waals surface area contributed by atoms with Gasteiger partial charge in [-0.05, 0) is 24.3 Å². The summed E-state index contributed by atoms with van der Waals surface area (Å²) in [6.07, 6.45) is 1.71. The van der Waals surface area contributed by atoms with Crippen LogP contribution in [0.1, 0.15) is 11.1 Å². The highest BCUT2D eigenvalue weighted by molar-refractivity contribution is 8.01. The molecule has 0 saturated carbocycles. The van der Waals surface area contributed by atoms with Gasteiger partial charge in [0.2, 0.25) is 10.0 Å². The summed E-state index contributed by atoms with van der Waals surface area (Å²) < 4.78 is 28.7. The lowest BCUT2D eigenvalue weighted by atomic mass is 10.1. The summed E-state index contributed by atoms with van der Waals surface area (Å²) in [4.78, 5) is 6.74. The van der Waals surface area contributed by atoms with Gasteiger partial charge in [-0.1, -0.05) is 30.3 Å². The molecular formula is C20H21N3O2S2. The first-order chi connectivity index (χ1) is 13.0. The molecule has 1 aromatic heterocycles. The molecule has 0 amide bonds. The summed E-state index contributed by atoms with van der Waals surface area (Å²) in [5.74, 6) is 0.758. The zero-order chi connectivity index (χ0) is 19.0. The molecule has 0 N–H and O–H groups in total. The molecule has 0 aliphatic carbocycles. The molecule has 4 rings (SSSR count). The number of rotatable bonds is 4. The maximum Gasteiger partial charge on any atom is 0.245 e. The highest BCUT2D eigenvalue weighted by atomic mass is 32.2. The molecule has 1 saturated heterocycles. The SMILES string of the molecule is CN(C)c1cccc2c(S(=O)(=O)N3CCSC3c3ccccn3)cccc12. The van der Waals surface area contributed by atoms with Crippen LogP contribution in [0.2, 0.25) is 0 Å². The number of hydrogen-bond acceptors (Lipinski definition) is 5. The van der Waals surface area contributed by atoms with E-state index in [1.54, 1.807) is 28.3 Å². The zero-order valence-electron chi connectivity index (χ0n) is 15.2. The van der Waals surface area contributed by atoms with E-state index in [-0.39, 0.29) is 5.37 Å². The molecular weight excluding hydrogens is 378 g/mol. The van der Waals surface area contributed by atoms with Gasteiger partial charge in [-0.25, -0.2) is 8.42 Å². The molecule has 5 nitrogen and oxygen atoms in total. The zero-order valence-corrected chi connectivity index (χ0v) is 16.9. The van der Waals surface area contributed by atoms with Crippen LogP contribution in [0.15, 0.2) is 65.7 Å². The Morgan fingerprint density at radius 1 is 1.04 bits per heavy atom. The van der Waals surface area contributed by atoms with Gasteiger partial charge in [0.15, 0.2) is 0 Å². The second-order valence-corrected chi connectivity index (χ2v) is 9.66. The van der Waals surface area contributed by atoms with Crippen molar-refractivity contribution in [3.05, 3.63) is 66.5 Å². The van der Waals surface area contributed by atoms with Crippen molar-refractivity contribution >= 4 is 38.2 Å². The molecule has 140 valence electrons. The van der Waals surface area contributed by atoms with Crippen LogP contribution in [0.25, 0.3) is 10.8 Å². The molecule has 2 heterocycles. The Kier molecular flexibility index (Phi) is 4.84. The van der Waals surface area contributed by atoms with Gasteiger partial charge in [0.05, 0.1) is 10.6 Å². The molecule has 1 aliphatic heterocycles. The Balaban J connectivity index is 1.84. The number of sulfonamides is 1. The number of pyridine rings is 1. The van der Waals surface area contributed by atoms with Crippen molar-refractivity contribution in [3.8, 4) is 0 Å². The molecule has 0 radical (unpaired) electrons. The maximum absolute atomic E-state index is 13.6. The summed E-state index contributed by atoms with van der Waals surface area (Å²) in [6.45, 7) is 0.484. The van der Waals surface area contributed by atoms with E-state index in [1.807, 2.05) is 67.5 Å². The van der Waals surface area contributed by atoms with E-state index in [4.69, 9.17) is 0 Å². The van der Waals surface area contributed by atoms with E-state index in [9.17, 15) is 8.42 Å².